The average molecular weight is 452 g/mol. The summed E-state index contributed by atoms with van der Waals surface area (Å²) in [5, 5.41) is 0.750. The van der Waals surface area contributed by atoms with Crippen molar-refractivity contribution in [2.45, 2.75) is 30.0 Å². The van der Waals surface area contributed by atoms with E-state index in [9.17, 15) is 21.6 Å². The fourth-order valence-corrected chi connectivity index (χ4v) is 5.56. The Bertz CT molecular complexity index is 1200. The summed E-state index contributed by atoms with van der Waals surface area (Å²) in [6.07, 6.45) is -1.19. The van der Waals surface area contributed by atoms with Gasteiger partial charge in [-0.1, -0.05) is 12.1 Å². The third-order valence-electron chi connectivity index (χ3n) is 6.01. The van der Waals surface area contributed by atoms with E-state index in [1.165, 1.54) is 12.3 Å². The SMILES string of the molecule is CN1CCC(N(C)c2cccc3c2ccn3S(=O)(=O)c2cccc(C(F)(F)F)c2)CC1. The number of aromatic nitrogens is 1. The summed E-state index contributed by atoms with van der Waals surface area (Å²) in [5.41, 5.74) is 0.354. The van der Waals surface area contributed by atoms with Crippen molar-refractivity contribution in [2.75, 3.05) is 32.1 Å². The Morgan fingerprint density at radius 3 is 2.39 bits per heavy atom. The van der Waals surface area contributed by atoms with E-state index in [1.807, 2.05) is 13.1 Å². The Labute approximate surface area is 179 Å². The molecule has 0 amide bonds. The van der Waals surface area contributed by atoms with Crippen molar-refractivity contribution in [1.82, 2.24) is 8.87 Å². The maximum Gasteiger partial charge on any atom is 0.416 e. The summed E-state index contributed by atoms with van der Waals surface area (Å²) < 4.78 is 66.7. The van der Waals surface area contributed by atoms with Gasteiger partial charge >= 0.3 is 6.18 Å². The molecule has 0 N–H and O–H groups in total. The van der Waals surface area contributed by atoms with E-state index >= 15 is 0 Å². The summed E-state index contributed by atoms with van der Waals surface area (Å²) in [6, 6.07) is 11.3. The van der Waals surface area contributed by atoms with Crippen LogP contribution in [-0.2, 0) is 16.2 Å². The summed E-state index contributed by atoms with van der Waals surface area (Å²) in [7, 11) is -0.0918. The van der Waals surface area contributed by atoms with Crippen molar-refractivity contribution >= 4 is 26.6 Å². The van der Waals surface area contributed by atoms with Crippen molar-refractivity contribution in [3.8, 4) is 0 Å². The molecule has 0 aliphatic carbocycles. The number of alkyl halides is 3. The Morgan fingerprint density at radius 2 is 1.71 bits per heavy atom. The summed E-state index contributed by atoms with van der Waals surface area (Å²) in [4.78, 5) is 4.06. The molecule has 1 aliphatic heterocycles. The van der Waals surface area contributed by atoms with Gasteiger partial charge in [0.05, 0.1) is 16.0 Å². The molecule has 0 unspecified atom stereocenters. The second kappa shape index (κ2) is 7.87. The molecule has 1 aliphatic rings. The Morgan fingerprint density at radius 1 is 1.03 bits per heavy atom. The zero-order chi connectivity index (χ0) is 22.4. The number of hydrogen-bond donors (Lipinski definition) is 0. The minimum Gasteiger partial charge on any atom is -0.371 e. The Kier molecular flexibility index (Phi) is 5.51. The predicted octanol–water partition coefficient (Wildman–Crippen LogP) is 4.43. The van der Waals surface area contributed by atoms with E-state index in [0.29, 0.717) is 17.6 Å². The molecule has 5 nitrogen and oxygen atoms in total. The van der Waals surface area contributed by atoms with E-state index in [2.05, 4.69) is 16.8 Å². The third kappa shape index (κ3) is 4.04. The molecule has 2 heterocycles. The van der Waals surface area contributed by atoms with Crippen molar-refractivity contribution in [3.05, 3.63) is 60.3 Å². The van der Waals surface area contributed by atoms with Crippen molar-refractivity contribution < 1.29 is 21.6 Å². The molecule has 0 saturated carbocycles. The van der Waals surface area contributed by atoms with Gasteiger partial charge < -0.3 is 9.80 Å². The van der Waals surface area contributed by atoms with E-state index in [0.717, 1.165) is 53.1 Å². The van der Waals surface area contributed by atoms with Crippen LogP contribution in [0.4, 0.5) is 18.9 Å². The molecule has 3 aromatic rings. The first-order valence-electron chi connectivity index (χ1n) is 10.0. The number of piperidine rings is 1. The van der Waals surface area contributed by atoms with Crippen LogP contribution < -0.4 is 4.90 Å². The Hall–Kier alpha value is -2.52. The standard InChI is InChI=1S/C22H24F3N3O2S/c1-26-12-9-17(10-13-26)27(2)20-7-4-8-21-19(20)11-14-28(21)31(29,30)18-6-3-5-16(15-18)22(23,24)25/h3-8,11,14-15,17H,9-10,12-13H2,1-2H3. The smallest absolute Gasteiger partial charge is 0.371 e. The number of rotatable bonds is 4. The lowest BCUT2D eigenvalue weighted by Crippen LogP contribution is -2.42. The quantitative estimate of drug-likeness (QED) is 0.589. The molecule has 31 heavy (non-hydrogen) atoms. The molecule has 0 bridgehead atoms. The van der Waals surface area contributed by atoms with Gasteiger partial charge in [-0.2, -0.15) is 13.2 Å². The summed E-state index contributed by atoms with van der Waals surface area (Å²) in [5.74, 6) is 0. The van der Waals surface area contributed by atoms with Gasteiger partial charge in [-0.15, -0.1) is 0 Å². The van der Waals surface area contributed by atoms with Crippen LogP contribution in [0.5, 0.6) is 0 Å². The fourth-order valence-electron chi connectivity index (χ4n) is 4.17. The van der Waals surface area contributed by atoms with Crippen LogP contribution in [0.15, 0.2) is 59.6 Å². The van der Waals surface area contributed by atoms with E-state index in [-0.39, 0.29) is 0 Å². The Balaban J connectivity index is 1.74. The third-order valence-corrected chi connectivity index (χ3v) is 7.69. The first-order valence-corrected chi connectivity index (χ1v) is 11.5. The summed E-state index contributed by atoms with van der Waals surface area (Å²) >= 11 is 0. The number of likely N-dealkylation sites (tertiary alicyclic amines) is 1. The predicted molar refractivity (Wildman–Crippen MR) is 115 cm³/mol. The molecule has 1 saturated heterocycles. The summed E-state index contributed by atoms with van der Waals surface area (Å²) in [6.45, 7) is 1.99. The zero-order valence-corrected chi connectivity index (χ0v) is 18.1. The number of halogens is 3. The van der Waals surface area contributed by atoms with E-state index in [4.69, 9.17) is 0 Å². The topological polar surface area (TPSA) is 45.5 Å². The van der Waals surface area contributed by atoms with Crippen LogP contribution in [0, 0.1) is 0 Å². The van der Waals surface area contributed by atoms with Gasteiger partial charge in [-0.3, -0.25) is 0 Å². The highest BCUT2D eigenvalue weighted by molar-refractivity contribution is 7.90. The largest absolute Gasteiger partial charge is 0.416 e. The maximum atomic E-state index is 13.2. The van der Waals surface area contributed by atoms with Crippen molar-refractivity contribution in [3.63, 3.8) is 0 Å². The normalized spacial score (nSPS) is 16.7. The number of benzene rings is 2. The van der Waals surface area contributed by atoms with Crippen molar-refractivity contribution in [1.29, 1.82) is 0 Å². The van der Waals surface area contributed by atoms with Crippen molar-refractivity contribution in [2.24, 2.45) is 0 Å². The lowest BCUT2D eigenvalue weighted by Gasteiger charge is -2.36. The van der Waals surface area contributed by atoms with Gasteiger partial charge in [-0.25, -0.2) is 12.4 Å². The molecule has 0 spiro atoms. The lowest BCUT2D eigenvalue weighted by molar-refractivity contribution is -0.137. The lowest BCUT2D eigenvalue weighted by atomic mass is 10.0. The highest BCUT2D eigenvalue weighted by Gasteiger charge is 2.32. The first-order chi connectivity index (χ1) is 14.6. The van der Waals surface area contributed by atoms with Crippen LogP contribution in [0.3, 0.4) is 0 Å². The number of nitrogens with zero attached hydrogens (tertiary/aromatic N) is 3. The second-order valence-corrected chi connectivity index (χ2v) is 9.81. The first kappa shape index (κ1) is 21.7. The van der Waals surface area contributed by atoms with Crippen LogP contribution >= 0.6 is 0 Å². The fraction of sp³-hybridized carbons (Fsp3) is 0.364. The molecule has 1 fully saturated rings. The maximum absolute atomic E-state index is 13.2. The highest BCUT2D eigenvalue weighted by atomic mass is 32.2. The van der Waals surface area contributed by atoms with Gasteiger partial charge in [0.1, 0.15) is 0 Å². The molecule has 9 heteroatoms. The monoisotopic (exact) mass is 451 g/mol. The van der Waals surface area contributed by atoms with Crippen LogP contribution in [-0.4, -0.2) is 50.5 Å². The van der Waals surface area contributed by atoms with Gasteiger partial charge in [-0.05, 0) is 69.4 Å². The second-order valence-electron chi connectivity index (χ2n) is 8.00. The zero-order valence-electron chi connectivity index (χ0n) is 17.3. The van der Waals surface area contributed by atoms with Crippen LogP contribution in [0.1, 0.15) is 18.4 Å². The minimum atomic E-state index is -4.62. The number of hydrogen-bond acceptors (Lipinski definition) is 4. The molecule has 0 radical (unpaired) electrons. The number of anilines is 1. The molecule has 0 atom stereocenters. The average Bonchev–Trinajstić information content (AvgIpc) is 3.18. The minimum absolute atomic E-state index is 0.338. The van der Waals surface area contributed by atoms with Crippen LogP contribution in [0.2, 0.25) is 0 Å². The number of fused-ring (bicyclic) bond motifs is 1. The molecule has 2 aromatic carbocycles. The van der Waals surface area contributed by atoms with Gasteiger partial charge in [0.25, 0.3) is 10.0 Å². The van der Waals surface area contributed by atoms with Gasteiger partial charge in [0.2, 0.25) is 0 Å². The highest BCUT2D eigenvalue weighted by Crippen LogP contribution is 2.34. The van der Waals surface area contributed by atoms with Gasteiger partial charge in [0, 0.05) is 30.4 Å². The molecule has 4 rings (SSSR count). The molecular formula is C22H24F3N3O2S. The van der Waals surface area contributed by atoms with E-state index < -0.39 is 26.7 Å². The van der Waals surface area contributed by atoms with Crippen LogP contribution in [0.25, 0.3) is 10.9 Å². The van der Waals surface area contributed by atoms with E-state index in [1.54, 1.807) is 18.2 Å². The molecular weight excluding hydrogens is 427 g/mol. The molecule has 1 aromatic heterocycles. The van der Waals surface area contributed by atoms with Gasteiger partial charge in [0.15, 0.2) is 0 Å². The molecule has 166 valence electrons.